The first-order valence-corrected chi connectivity index (χ1v) is 5.73. The van der Waals surface area contributed by atoms with Gasteiger partial charge in [0.25, 0.3) is 0 Å². The van der Waals surface area contributed by atoms with Crippen LogP contribution in [-0.4, -0.2) is 25.0 Å². The second-order valence-corrected chi connectivity index (χ2v) is 4.89. The first-order chi connectivity index (χ1) is 6.45. The molecule has 0 aromatic heterocycles. The summed E-state index contributed by atoms with van der Waals surface area (Å²) < 4.78 is 22.2. The Morgan fingerprint density at radius 3 is 2.50 bits per heavy atom. The highest BCUT2D eigenvalue weighted by Gasteiger charge is 2.12. The lowest BCUT2D eigenvalue weighted by Gasteiger charge is -2.04. The molecular weight excluding hydrogens is 206 g/mol. The number of rotatable bonds is 3. The fourth-order valence-electron chi connectivity index (χ4n) is 1.08. The van der Waals surface area contributed by atoms with Gasteiger partial charge in [0.05, 0.1) is 0 Å². The Balaban J connectivity index is 3.15. The molecule has 0 aliphatic rings. The van der Waals surface area contributed by atoms with Crippen molar-refractivity contribution in [2.45, 2.75) is 11.4 Å². The maximum atomic E-state index is 11.1. The van der Waals surface area contributed by atoms with E-state index >= 15 is 0 Å². The van der Waals surface area contributed by atoms with E-state index < -0.39 is 9.84 Å². The highest BCUT2D eigenvalue weighted by Crippen LogP contribution is 2.23. The second kappa shape index (κ2) is 3.95. The minimum atomic E-state index is -3.40. The smallest absolute Gasteiger partial charge is 0.179 e. The van der Waals surface area contributed by atoms with Gasteiger partial charge in [-0.15, -0.1) is 0 Å². The van der Waals surface area contributed by atoms with E-state index in [1.54, 1.807) is 0 Å². The molecule has 14 heavy (non-hydrogen) atoms. The topological polar surface area (TPSA) is 86.6 Å². The van der Waals surface area contributed by atoms with Gasteiger partial charge in [-0.3, -0.25) is 0 Å². The van der Waals surface area contributed by atoms with E-state index in [4.69, 9.17) is 5.21 Å². The summed E-state index contributed by atoms with van der Waals surface area (Å²) in [6, 6.07) is 4.11. The highest BCUT2D eigenvalue weighted by molar-refractivity contribution is 7.90. The minimum absolute atomic E-state index is 0.112. The van der Waals surface area contributed by atoms with Crippen molar-refractivity contribution in [2.75, 3.05) is 6.26 Å². The van der Waals surface area contributed by atoms with E-state index in [0.29, 0.717) is 5.56 Å². The summed E-state index contributed by atoms with van der Waals surface area (Å²) in [5, 5.41) is 17.8. The molecule has 0 aliphatic carbocycles. The summed E-state index contributed by atoms with van der Waals surface area (Å²) in [5.41, 5.74) is 2.50. The van der Waals surface area contributed by atoms with Gasteiger partial charge >= 0.3 is 0 Å². The summed E-state index contributed by atoms with van der Waals surface area (Å²) in [7, 11) is -3.40. The molecule has 1 aromatic carbocycles. The van der Waals surface area contributed by atoms with Gasteiger partial charge in [0.1, 0.15) is 10.6 Å². The first-order valence-electron chi connectivity index (χ1n) is 3.84. The molecule has 0 fully saturated rings. The number of aromatic hydroxyl groups is 1. The van der Waals surface area contributed by atoms with Gasteiger partial charge in [-0.2, -0.15) is 0 Å². The average Bonchev–Trinajstić information content (AvgIpc) is 2.02. The third-order valence-corrected chi connectivity index (χ3v) is 2.85. The van der Waals surface area contributed by atoms with Crippen LogP contribution in [0.25, 0.3) is 0 Å². The van der Waals surface area contributed by atoms with Gasteiger partial charge in [-0.05, 0) is 17.7 Å². The third-order valence-electron chi connectivity index (χ3n) is 1.71. The van der Waals surface area contributed by atoms with Crippen molar-refractivity contribution >= 4 is 9.84 Å². The molecular formula is C8H11NO4S. The summed E-state index contributed by atoms with van der Waals surface area (Å²) in [6.07, 6.45) is 1.02. The molecule has 0 saturated carbocycles. The van der Waals surface area contributed by atoms with Crippen LogP contribution in [0.4, 0.5) is 0 Å². The Morgan fingerprint density at radius 1 is 1.43 bits per heavy atom. The summed E-state index contributed by atoms with van der Waals surface area (Å²) in [5.74, 6) is -0.305. The molecule has 1 aromatic rings. The van der Waals surface area contributed by atoms with Crippen LogP contribution in [0.5, 0.6) is 5.75 Å². The van der Waals surface area contributed by atoms with E-state index in [0.717, 1.165) is 6.26 Å². The number of hydroxylamine groups is 1. The molecule has 78 valence electrons. The average molecular weight is 217 g/mol. The van der Waals surface area contributed by atoms with Crippen molar-refractivity contribution in [1.82, 2.24) is 5.48 Å². The quantitative estimate of drug-likeness (QED) is 0.633. The number of benzene rings is 1. The number of nitrogens with one attached hydrogen (secondary N) is 1. The Morgan fingerprint density at radius 2 is 2.07 bits per heavy atom. The SMILES string of the molecule is CS(=O)(=O)c1ccc(CNO)cc1O. The summed E-state index contributed by atoms with van der Waals surface area (Å²) >= 11 is 0. The normalized spacial score (nSPS) is 11.6. The van der Waals surface area contributed by atoms with Gasteiger partial charge in [0.15, 0.2) is 9.84 Å². The largest absolute Gasteiger partial charge is 0.507 e. The van der Waals surface area contributed by atoms with E-state index in [-0.39, 0.29) is 17.2 Å². The number of sulfone groups is 1. The van der Waals surface area contributed by atoms with Gasteiger partial charge in [-0.25, -0.2) is 13.9 Å². The standard InChI is InChI=1S/C8H11NO4S/c1-14(12,13)8-3-2-6(5-9-11)4-7(8)10/h2-4,9-11H,5H2,1H3. The molecule has 0 radical (unpaired) electrons. The van der Waals surface area contributed by atoms with E-state index in [9.17, 15) is 13.5 Å². The molecule has 0 spiro atoms. The van der Waals surface area contributed by atoms with Gasteiger partial charge in [-0.1, -0.05) is 6.07 Å². The van der Waals surface area contributed by atoms with Gasteiger partial charge < -0.3 is 10.3 Å². The van der Waals surface area contributed by atoms with Crippen LogP contribution >= 0.6 is 0 Å². The number of hydrogen-bond donors (Lipinski definition) is 3. The number of phenolic OH excluding ortho intramolecular Hbond substituents is 1. The zero-order chi connectivity index (χ0) is 10.8. The van der Waals surface area contributed by atoms with Crippen LogP contribution in [-0.2, 0) is 16.4 Å². The van der Waals surface area contributed by atoms with Crippen molar-refractivity contribution in [3.8, 4) is 5.75 Å². The lowest BCUT2D eigenvalue weighted by molar-refractivity contribution is 0.161. The summed E-state index contributed by atoms with van der Waals surface area (Å²) in [6.45, 7) is 0.150. The zero-order valence-corrected chi connectivity index (χ0v) is 8.37. The Bertz CT molecular complexity index is 427. The number of phenols is 1. The zero-order valence-electron chi connectivity index (χ0n) is 7.56. The molecule has 0 heterocycles. The van der Waals surface area contributed by atoms with Crippen molar-refractivity contribution in [2.24, 2.45) is 0 Å². The highest BCUT2D eigenvalue weighted by atomic mass is 32.2. The third kappa shape index (κ3) is 2.44. The Kier molecular flexibility index (Phi) is 3.10. The van der Waals surface area contributed by atoms with Crippen molar-refractivity contribution in [3.63, 3.8) is 0 Å². The monoisotopic (exact) mass is 217 g/mol. The van der Waals surface area contributed by atoms with Gasteiger partial charge in [0.2, 0.25) is 0 Å². The molecule has 0 unspecified atom stereocenters. The fraction of sp³-hybridized carbons (Fsp3) is 0.250. The van der Waals surface area contributed by atoms with E-state index in [1.165, 1.54) is 18.2 Å². The van der Waals surface area contributed by atoms with E-state index in [2.05, 4.69) is 0 Å². The fourth-order valence-corrected chi connectivity index (χ4v) is 1.83. The van der Waals surface area contributed by atoms with E-state index in [1.807, 2.05) is 5.48 Å². The molecule has 0 bridgehead atoms. The van der Waals surface area contributed by atoms with Crippen LogP contribution in [0.15, 0.2) is 23.1 Å². The Labute approximate surface area is 81.9 Å². The second-order valence-electron chi connectivity index (χ2n) is 2.91. The molecule has 0 saturated heterocycles. The lowest BCUT2D eigenvalue weighted by atomic mass is 10.2. The molecule has 1 rings (SSSR count). The molecule has 3 N–H and O–H groups in total. The maximum Gasteiger partial charge on any atom is 0.179 e. The van der Waals surface area contributed by atoms with Crippen LogP contribution in [0, 0.1) is 0 Å². The lowest BCUT2D eigenvalue weighted by Crippen LogP contribution is -2.06. The molecule has 0 atom stereocenters. The molecule has 0 aliphatic heterocycles. The predicted molar refractivity (Wildman–Crippen MR) is 49.8 cm³/mol. The van der Waals surface area contributed by atoms with Crippen LogP contribution in [0.1, 0.15) is 5.56 Å². The summed E-state index contributed by atoms with van der Waals surface area (Å²) in [4.78, 5) is -0.112. The minimum Gasteiger partial charge on any atom is -0.507 e. The first kappa shape index (κ1) is 11.0. The Hall–Kier alpha value is -1.11. The van der Waals surface area contributed by atoms with Crippen molar-refractivity contribution in [3.05, 3.63) is 23.8 Å². The number of hydrogen-bond acceptors (Lipinski definition) is 5. The molecule has 0 amide bonds. The van der Waals surface area contributed by atoms with Crippen molar-refractivity contribution < 1.29 is 18.7 Å². The van der Waals surface area contributed by atoms with Crippen LogP contribution in [0.3, 0.4) is 0 Å². The van der Waals surface area contributed by atoms with Crippen LogP contribution < -0.4 is 5.48 Å². The predicted octanol–water partition coefficient (Wildman–Crippen LogP) is 0.275. The van der Waals surface area contributed by atoms with Crippen LogP contribution in [0.2, 0.25) is 0 Å². The molecule has 6 heteroatoms. The maximum absolute atomic E-state index is 11.1. The van der Waals surface area contributed by atoms with Crippen molar-refractivity contribution in [1.29, 1.82) is 0 Å². The molecule has 5 nitrogen and oxygen atoms in total. The van der Waals surface area contributed by atoms with Gasteiger partial charge in [0, 0.05) is 12.8 Å².